The summed E-state index contributed by atoms with van der Waals surface area (Å²) in [4.78, 5) is 14.4. The highest BCUT2D eigenvalue weighted by Crippen LogP contribution is 2.34. The first-order chi connectivity index (χ1) is 9.56. The fourth-order valence-corrected chi connectivity index (χ4v) is 3.59. The van der Waals surface area contributed by atoms with Crippen LogP contribution in [-0.4, -0.2) is 28.3 Å². The standard InChI is InChI=1S/C14H14BrNO2S2/c1-3-16-13(17)12(20-14(16)19)8-9-7-10(15)5-6-11(9)18-4-2/h5-8H,3-4H2,1-2H3/b12-8-. The predicted octanol–water partition coefficient (Wildman–Crippen LogP) is 4.07. The van der Waals surface area contributed by atoms with Crippen molar-refractivity contribution in [1.29, 1.82) is 0 Å². The number of ether oxygens (including phenoxy) is 1. The monoisotopic (exact) mass is 371 g/mol. The van der Waals surface area contributed by atoms with Crippen LogP contribution >= 0.6 is 39.9 Å². The molecule has 0 atom stereocenters. The van der Waals surface area contributed by atoms with Gasteiger partial charge in [-0.25, -0.2) is 0 Å². The summed E-state index contributed by atoms with van der Waals surface area (Å²) in [6.45, 7) is 5.03. The number of carbonyl (C=O) groups is 1. The number of thiocarbonyl (C=S) groups is 1. The summed E-state index contributed by atoms with van der Waals surface area (Å²) in [7, 11) is 0. The van der Waals surface area contributed by atoms with Crippen molar-refractivity contribution in [2.75, 3.05) is 13.2 Å². The highest BCUT2D eigenvalue weighted by atomic mass is 79.9. The lowest BCUT2D eigenvalue weighted by atomic mass is 10.2. The molecule has 106 valence electrons. The quantitative estimate of drug-likeness (QED) is 0.589. The first kappa shape index (κ1) is 15.5. The van der Waals surface area contributed by atoms with Gasteiger partial charge in [0.15, 0.2) is 0 Å². The van der Waals surface area contributed by atoms with Gasteiger partial charge in [-0.05, 0) is 38.1 Å². The third-order valence-electron chi connectivity index (χ3n) is 2.75. The van der Waals surface area contributed by atoms with Crippen molar-refractivity contribution in [2.24, 2.45) is 0 Å². The van der Waals surface area contributed by atoms with Crippen LogP contribution in [0.1, 0.15) is 19.4 Å². The van der Waals surface area contributed by atoms with Gasteiger partial charge in [0, 0.05) is 16.6 Å². The van der Waals surface area contributed by atoms with E-state index in [0.29, 0.717) is 22.4 Å². The molecule has 0 aliphatic carbocycles. The van der Waals surface area contributed by atoms with Crippen LogP contribution in [0.2, 0.25) is 0 Å². The molecular formula is C14H14BrNO2S2. The van der Waals surface area contributed by atoms with Crippen molar-refractivity contribution in [3.05, 3.63) is 33.1 Å². The fraction of sp³-hybridized carbons (Fsp3) is 0.286. The number of hydrogen-bond acceptors (Lipinski definition) is 4. The number of rotatable bonds is 4. The molecule has 1 fully saturated rings. The van der Waals surface area contributed by atoms with E-state index in [9.17, 15) is 4.79 Å². The number of amides is 1. The molecule has 0 N–H and O–H groups in total. The summed E-state index contributed by atoms with van der Waals surface area (Å²) in [5.74, 6) is 0.724. The summed E-state index contributed by atoms with van der Waals surface area (Å²) < 4.78 is 7.14. The minimum Gasteiger partial charge on any atom is -0.493 e. The minimum absolute atomic E-state index is 0.0371. The minimum atomic E-state index is -0.0371. The van der Waals surface area contributed by atoms with Crippen LogP contribution in [0, 0.1) is 0 Å². The molecule has 1 aliphatic heterocycles. The Kier molecular flexibility index (Phi) is 5.23. The second-order valence-electron chi connectivity index (χ2n) is 4.04. The van der Waals surface area contributed by atoms with Gasteiger partial charge >= 0.3 is 0 Å². The number of nitrogens with zero attached hydrogens (tertiary/aromatic N) is 1. The molecule has 1 aliphatic rings. The van der Waals surface area contributed by atoms with Gasteiger partial charge in [0.05, 0.1) is 11.5 Å². The summed E-state index contributed by atoms with van der Waals surface area (Å²) in [5, 5.41) is 0. The molecule has 0 unspecified atom stereocenters. The van der Waals surface area contributed by atoms with E-state index in [4.69, 9.17) is 17.0 Å². The molecule has 0 saturated carbocycles. The lowest BCUT2D eigenvalue weighted by molar-refractivity contribution is -0.121. The van der Waals surface area contributed by atoms with E-state index >= 15 is 0 Å². The van der Waals surface area contributed by atoms with Crippen molar-refractivity contribution in [3.8, 4) is 5.75 Å². The molecule has 2 rings (SSSR count). The number of halogens is 1. The Balaban J connectivity index is 2.38. The SMILES string of the molecule is CCOc1ccc(Br)cc1/C=C1\SC(=S)N(CC)C1=O. The predicted molar refractivity (Wildman–Crippen MR) is 90.9 cm³/mol. The third kappa shape index (κ3) is 3.24. The third-order valence-corrected chi connectivity index (χ3v) is 4.62. The smallest absolute Gasteiger partial charge is 0.266 e. The summed E-state index contributed by atoms with van der Waals surface area (Å²) in [5.41, 5.74) is 0.873. The lowest BCUT2D eigenvalue weighted by Crippen LogP contribution is -2.27. The molecule has 1 aromatic carbocycles. The number of benzene rings is 1. The molecule has 20 heavy (non-hydrogen) atoms. The zero-order valence-electron chi connectivity index (χ0n) is 11.2. The van der Waals surface area contributed by atoms with Crippen LogP contribution in [0.4, 0.5) is 0 Å². The van der Waals surface area contributed by atoms with E-state index in [1.54, 1.807) is 4.90 Å². The van der Waals surface area contributed by atoms with Gasteiger partial charge in [-0.2, -0.15) is 0 Å². The largest absolute Gasteiger partial charge is 0.493 e. The molecule has 0 aromatic heterocycles. The maximum Gasteiger partial charge on any atom is 0.266 e. The molecule has 1 heterocycles. The van der Waals surface area contributed by atoms with Crippen molar-refractivity contribution in [2.45, 2.75) is 13.8 Å². The van der Waals surface area contributed by atoms with Crippen LogP contribution in [0.5, 0.6) is 5.75 Å². The number of carbonyl (C=O) groups excluding carboxylic acids is 1. The van der Waals surface area contributed by atoms with Gasteiger partial charge < -0.3 is 4.74 Å². The van der Waals surface area contributed by atoms with Crippen molar-refractivity contribution in [3.63, 3.8) is 0 Å². The molecule has 1 aromatic rings. The van der Waals surface area contributed by atoms with Gasteiger partial charge in [-0.1, -0.05) is 39.9 Å². The highest BCUT2D eigenvalue weighted by molar-refractivity contribution is 9.10. The molecule has 0 spiro atoms. The maximum absolute atomic E-state index is 12.2. The van der Waals surface area contributed by atoms with Gasteiger partial charge in [0.2, 0.25) is 0 Å². The first-order valence-corrected chi connectivity index (χ1v) is 8.26. The van der Waals surface area contributed by atoms with Crippen LogP contribution in [-0.2, 0) is 4.79 Å². The molecule has 1 amide bonds. The van der Waals surface area contributed by atoms with E-state index in [1.165, 1.54) is 11.8 Å². The van der Waals surface area contributed by atoms with E-state index < -0.39 is 0 Å². The Bertz CT molecular complexity index is 587. The zero-order chi connectivity index (χ0) is 14.7. The number of hydrogen-bond donors (Lipinski definition) is 0. The molecule has 6 heteroatoms. The second-order valence-corrected chi connectivity index (χ2v) is 6.63. The van der Waals surface area contributed by atoms with Gasteiger partial charge in [-0.15, -0.1) is 0 Å². The first-order valence-electron chi connectivity index (χ1n) is 6.24. The van der Waals surface area contributed by atoms with Crippen molar-refractivity contribution in [1.82, 2.24) is 4.90 Å². The summed E-state index contributed by atoms with van der Waals surface area (Å²) >= 11 is 9.98. The molecular weight excluding hydrogens is 358 g/mol. The Morgan fingerprint density at radius 2 is 2.20 bits per heavy atom. The van der Waals surface area contributed by atoms with Crippen LogP contribution in [0.3, 0.4) is 0 Å². The lowest BCUT2D eigenvalue weighted by Gasteiger charge is -2.10. The van der Waals surface area contributed by atoms with Crippen molar-refractivity contribution < 1.29 is 9.53 Å². The Hall–Kier alpha value is -0.850. The fourth-order valence-electron chi connectivity index (χ4n) is 1.83. The topological polar surface area (TPSA) is 29.5 Å². The summed E-state index contributed by atoms with van der Waals surface area (Å²) in [6, 6.07) is 5.74. The van der Waals surface area contributed by atoms with Gasteiger partial charge in [0.25, 0.3) is 5.91 Å². The van der Waals surface area contributed by atoms with Gasteiger partial charge in [-0.3, -0.25) is 9.69 Å². The maximum atomic E-state index is 12.2. The highest BCUT2D eigenvalue weighted by Gasteiger charge is 2.30. The molecule has 1 saturated heterocycles. The van der Waals surface area contributed by atoms with E-state index in [1.807, 2.05) is 38.1 Å². The molecule has 0 bridgehead atoms. The number of thioether (sulfide) groups is 1. The van der Waals surface area contributed by atoms with Crippen molar-refractivity contribution >= 4 is 56.2 Å². The second kappa shape index (κ2) is 6.74. The average Bonchev–Trinajstić information content (AvgIpc) is 2.67. The Morgan fingerprint density at radius 1 is 1.45 bits per heavy atom. The van der Waals surface area contributed by atoms with Crippen LogP contribution in [0.25, 0.3) is 6.08 Å². The molecule has 3 nitrogen and oxygen atoms in total. The van der Waals surface area contributed by atoms with E-state index in [2.05, 4.69) is 15.9 Å². The Morgan fingerprint density at radius 3 is 2.80 bits per heavy atom. The van der Waals surface area contributed by atoms with E-state index in [0.717, 1.165) is 15.8 Å². The normalized spacial score (nSPS) is 17.1. The zero-order valence-corrected chi connectivity index (χ0v) is 14.4. The van der Waals surface area contributed by atoms with Crippen LogP contribution in [0.15, 0.2) is 27.6 Å². The molecule has 0 radical (unpaired) electrons. The average molecular weight is 372 g/mol. The number of likely N-dealkylation sites (N-methyl/N-ethyl adjacent to an activating group) is 1. The summed E-state index contributed by atoms with van der Waals surface area (Å²) in [6.07, 6.45) is 1.84. The van der Waals surface area contributed by atoms with Gasteiger partial charge in [0.1, 0.15) is 10.1 Å². The Labute approximate surface area is 136 Å². The van der Waals surface area contributed by atoms with E-state index in [-0.39, 0.29) is 5.91 Å². The van der Waals surface area contributed by atoms with Crippen LogP contribution < -0.4 is 4.74 Å².